The number of hydrogen-bond acceptors (Lipinski definition) is 5. The summed E-state index contributed by atoms with van der Waals surface area (Å²) in [5, 5.41) is 4.50. The first-order valence-corrected chi connectivity index (χ1v) is 13.0. The van der Waals surface area contributed by atoms with Crippen molar-refractivity contribution in [3.63, 3.8) is 0 Å². The summed E-state index contributed by atoms with van der Waals surface area (Å²) in [6.07, 6.45) is 23.0. The SMILES string of the molecule is C=C(CN(C)C)c1onc(CCC2CCN(CC3=CCCC=C3)CC2)c1/C=C\Cc1cccnc1. The first kappa shape index (κ1) is 25.3. The van der Waals surface area contributed by atoms with Crippen LogP contribution in [0.15, 0.2) is 65.5 Å². The molecule has 1 saturated heterocycles. The lowest BCUT2D eigenvalue weighted by atomic mass is 9.90. The molecule has 0 atom stereocenters. The largest absolute Gasteiger partial charge is 0.356 e. The lowest BCUT2D eigenvalue weighted by Crippen LogP contribution is -2.35. The number of rotatable bonds is 11. The van der Waals surface area contributed by atoms with E-state index in [2.05, 4.69) is 63.0 Å². The van der Waals surface area contributed by atoms with Crippen molar-refractivity contribution in [2.24, 2.45) is 5.92 Å². The summed E-state index contributed by atoms with van der Waals surface area (Å²) in [6.45, 7) is 8.52. The normalized spacial score (nSPS) is 17.4. The molecule has 186 valence electrons. The van der Waals surface area contributed by atoms with Crippen LogP contribution < -0.4 is 0 Å². The van der Waals surface area contributed by atoms with Crippen LogP contribution in [0, 0.1) is 5.92 Å². The monoisotopic (exact) mass is 472 g/mol. The molecular weight excluding hydrogens is 432 g/mol. The molecular formula is C30H40N4O. The molecule has 0 saturated carbocycles. The van der Waals surface area contributed by atoms with Gasteiger partial charge in [-0.25, -0.2) is 0 Å². The zero-order valence-corrected chi connectivity index (χ0v) is 21.5. The molecule has 2 aliphatic rings. The van der Waals surface area contributed by atoms with E-state index in [1.807, 2.05) is 32.6 Å². The number of aromatic nitrogens is 2. The van der Waals surface area contributed by atoms with Gasteiger partial charge in [0.15, 0.2) is 5.76 Å². The number of aryl methyl sites for hydroxylation is 1. The summed E-state index contributed by atoms with van der Waals surface area (Å²) in [6, 6.07) is 4.08. The molecule has 0 amide bonds. The maximum absolute atomic E-state index is 5.84. The Hall–Kier alpha value is -2.76. The molecule has 1 fully saturated rings. The number of hydrogen-bond donors (Lipinski definition) is 0. The van der Waals surface area contributed by atoms with Gasteiger partial charge in [-0.05, 0) is 95.3 Å². The maximum Gasteiger partial charge on any atom is 0.171 e. The number of likely N-dealkylation sites (tertiary alicyclic amines) is 1. The summed E-state index contributed by atoms with van der Waals surface area (Å²) in [4.78, 5) is 8.95. The minimum Gasteiger partial charge on any atom is -0.356 e. The number of nitrogens with zero attached hydrogens (tertiary/aromatic N) is 4. The Balaban J connectivity index is 1.35. The summed E-state index contributed by atoms with van der Waals surface area (Å²) < 4.78 is 5.84. The molecule has 2 aromatic heterocycles. The van der Waals surface area contributed by atoms with Gasteiger partial charge in [0, 0.05) is 36.6 Å². The van der Waals surface area contributed by atoms with Crippen LogP contribution in [0.3, 0.4) is 0 Å². The molecule has 0 aromatic carbocycles. The number of pyridine rings is 1. The predicted octanol–water partition coefficient (Wildman–Crippen LogP) is 5.82. The molecule has 5 nitrogen and oxygen atoms in total. The van der Waals surface area contributed by atoms with Gasteiger partial charge in [-0.15, -0.1) is 0 Å². The van der Waals surface area contributed by atoms with E-state index >= 15 is 0 Å². The van der Waals surface area contributed by atoms with Gasteiger partial charge in [0.1, 0.15) is 0 Å². The van der Waals surface area contributed by atoms with E-state index in [1.165, 1.54) is 49.9 Å². The second-order valence-electron chi connectivity index (χ2n) is 10.2. The Morgan fingerprint density at radius 3 is 2.83 bits per heavy atom. The predicted molar refractivity (Wildman–Crippen MR) is 145 cm³/mol. The van der Waals surface area contributed by atoms with Gasteiger partial charge in [0.25, 0.3) is 0 Å². The van der Waals surface area contributed by atoms with Crippen molar-refractivity contribution in [1.82, 2.24) is 19.9 Å². The average molecular weight is 473 g/mol. The molecule has 0 spiro atoms. The van der Waals surface area contributed by atoms with Crippen LogP contribution in [-0.4, -0.2) is 60.2 Å². The number of piperidine rings is 1. The highest BCUT2D eigenvalue weighted by atomic mass is 16.5. The lowest BCUT2D eigenvalue weighted by molar-refractivity contribution is 0.192. The molecule has 35 heavy (non-hydrogen) atoms. The molecule has 0 radical (unpaired) electrons. The van der Waals surface area contributed by atoms with E-state index in [9.17, 15) is 0 Å². The minimum atomic E-state index is 0.750. The van der Waals surface area contributed by atoms with E-state index in [0.29, 0.717) is 0 Å². The van der Waals surface area contributed by atoms with Crippen LogP contribution >= 0.6 is 0 Å². The summed E-state index contributed by atoms with van der Waals surface area (Å²) in [5.41, 5.74) is 5.80. The summed E-state index contributed by atoms with van der Waals surface area (Å²) in [7, 11) is 4.10. The Kier molecular flexibility index (Phi) is 9.27. The van der Waals surface area contributed by atoms with Crippen LogP contribution in [-0.2, 0) is 12.8 Å². The zero-order valence-electron chi connectivity index (χ0n) is 21.5. The fraction of sp³-hybridized carbons (Fsp3) is 0.467. The minimum absolute atomic E-state index is 0.750. The first-order chi connectivity index (χ1) is 17.1. The highest BCUT2D eigenvalue weighted by molar-refractivity contribution is 5.71. The van der Waals surface area contributed by atoms with Gasteiger partial charge in [-0.1, -0.05) is 48.2 Å². The van der Waals surface area contributed by atoms with Crippen molar-refractivity contribution < 1.29 is 4.52 Å². The third-order valence-corrected chi connectivity index (χ3v) is 6.97. The van der Waals surface area contributed by atoms with Gasteiger partial charge in [0.2, 0.25) is 0 Å². The third kappa shape index (κ3) is 7.61. The highest BCUT2D eigenvalue weighted by Crippen LogP contribution is 2.28. The van der Waals surface area contributed by atoms with Crippen LogP contribution in [0.2, 0.25) is 0 Å². The standard InChI is InChI=1S/C30H40N4O/c1-24(22-33(2)3)30-28(13-7-11-26-12-8-18-31-21-26)29(32-35-30)15-14-25-16-19-34(20-17-25)23-27-9-5-4-6-10-27/h5,7-10,12-13,18,21,25H,1,4,6,11,14-17,19-20,22-23H2,2-3H3/b13-7-. The maximum atomic E-state index is 5.84. The van der Waals surface area contributed by atoms with E-state index in [-0.39, 0.29) is 0 Å². The average Bonchev–Trinajstić information content (AvgIpc) is 3.27. The van der Waals surface area contributed by atoms with E-state index < -0.39 is 0 Å². The van der Waals surface area contributed by atoms with E-state index in [4.69, 9.17) is 4.52 Å². The first-order valence-electron chi connectivity index (χ1n) is 13.0. The molecule has 5 heteroatoms. The summed E-state index contributed by atoms with van der Waals surface area (Å²) >= 11 is 0. The Labute approximate surface area is 210 Å². The van der Waals surface area contributed by atoms with Crippen molar-refractivity contribution >= 4 is 11.6 Å². The van der Waals surface area contributed by atoms with Gasteiger partial charge < -0.3 is 9.42 Å². The Bertz CT molecular complexity index is 1040. The quantitative estimate of drug-likeness (QED) is 0.412. The van der Waals surface area contributed by atoms with Gasteiger partial charge in [0.05, 0.1) is 5.69 Å². The Morgan fingerprint density at radius 2 is 2.11 bits per heavy atom. The second-order valence-corrected chi connectivity index (χ2v) is 10.2. The Morgan fingerprint density at radius 1 is 1.26 bits per heavy atom. The van der Waals surface area contributed by atoms with E-state index in [0.717, 1.165) is 60.9 Å². The van der Waals surface area contributed by atoms with Crippen LogP contribution in [0.25, 0.3) is 11.6 Å². The van der Waals surface area contributed by atoms with Crippen LogP contribution in [0.4, 0.5) is 0 Å². The third-order valence-electron chi connectivity index (χ3n) is 6.97. The molecule has 0 bridgehead atoms. The molecule has 4 rings (SSSR count). The topological polar surface area (TPSA) is 45.4 Å². The van der Waals surface area contributed by atoms with Crippen molar-refractivity contribution in [2.75, 3.05) is 40.3 Å². The fourth-order valence-corrected chi connectivity index (χ4v) is 5.04. The molecule has 0 unspecified atom stereocenters. The number of allylic oxidation sites excluding steroid dienone is 3. The molecule has 0 N–H and O–H groups in total. The highest BCUT2D eigenvalue weighted by Gasteiger charge is 2.22. The molecule has 3 heterocycles. The van der Waals surface area contributed by atoms with Crippen molar-refractivity contribution in [3.8, 4) is 0 Å². The molecule has 2 aromatic rings. The van der Waals surface area contributed by atoms with Crippen LogP contribution in [0.1, 0.15) is 54.7 Å². The summed E-state index contributed by atoms with van der Waals surface area (Å²) in [5.74, 6) is 1.57. The van der Waals surface area contributed by atoms with Crippen molar-refractivity contribution in [1.29, 1.82) is 0 Å². The smallest absolute Gasteiger partial charge is 0.171 e. The van der Waals surface area contributed by atoms with E-state index in [1.54, 1.807) is 0 Å². The lowest BCUT2D eigenvalue weighted by Gasteiger charge is -2.32. The second kappa shape index (κ2) is 12.8. The van der Waals surface area contributed by atoms with Crippen molar-refractivity contribution in [3.05, 3.63) is 83.6 Å². The zero-order chi connectivity index (χ0) is 24.5. The molecule has 1 aliphatic carbocycles. The van der Waals surface area contributed by atoms with Crippen molar-refractivity contribution in [2.45, 2.75) is 44.9 Å². The van der Waals surface area contributed by atoms with Gasteiger partial charge in [-0.2, -0.15) is 0 Å². The van der Waals surface area contributed by atoms with Crippen LogP contribution in [0.5, 0.6) is 0 Å². The number of likely N-dealkylation sites (N-methyl/N-ethyl adjacent to an activating group) is 1. The van der Waals surface area contributed by atoms with Gasteiger partial charge in [-0.3, -0.25) is 9.88 Å². The van der Waals surface area contributed by atoms with Gasteiger partial charge >= 0.3 is 0 Å². The fourth-order valence-electron chi connectivity index (χ4n) is 5.04. The molecule has 1 aliphatic heterocycles.